The molecular formula is C19H13ClF3N5O6. The van der Waals surface area contributed by atoms with Crippen molar-refractivity contribution >= 4 is 34.7 Å². The number of aromatic nitrogens is 2. The molecule has 0 aliphatic heterocycles. The normalized spacial score (nSPS) is 11.2. The SMILES string of the molecule is Cc1c(Cl)c([N+](=O)[O-])nn1CC(=O)Nc1cc(Oc2cccc(C(F)(F)F)c2)cc([N+](=O)[O-])c1. The van der Waals surface area contributed by atoms with Crippen LogP contribution in [0.2, 0.25) is 5.02 Å². The topological polar surface area (TPSA) is 142 Å². The van der Waals surface area contributed by atoms with Crippen LogP contribution in [0.3, 0.4) is 0 Å². The largest absolute Gasteiger partial charge is 0.457 e. The van der Waals surface area contributed by atoms with Crippen LogP contribution >= 0.6 is 11.6 Å². The molecule has 1 heterocycles. The van der Waals surface area contributed by atoms with Crippen molar-refractivity contribution < 1.29 is 32.5 Å². The minimum absolute atomic E-state index is 0.105. The van der Waals surface area contributed by atoms with E-state index in [4.69, 9.17) is 16.3 Å². The molecular weight excluding hydrogens is 487 g/mol. The Morgan fingerprint density at radius 2 is 1.85 bits per heavy atom. The molecule has 0 bridgehead atoms. The molecule has 0 fully saturated rings. The van der Waals surface area contributed by atoms with Crippen LogP contribution < -0.4 is 10.1 Å². The standard InChI is InChI=1S/C19H13ClF3N5O6/c1-10-17(20)18(28(32)33)25-26(10)9-16(29)24-12-6-13(27(30)31)8-15(7-12)34-14-4-2-3-11(5-14)19(21,22)23/h2-8H,9H2,1H3,(H,24,29). The van der Waals surface area contributed by atoms with Gasteiger partial charge in [0.25, 0.3) is 5.69 Å². The van der Waals surface area contributed by atoms with Crippen LogP contribution in [0, 0.1) is 27.2 Å². The van der Waals surface area contributed by atoms with Gasteiger partial charge in [-0.1, -0.05) is 17.7 Å². The molecule has 34 heavy (non-hydrogen) atoms. The lowest BCUT2D eigenvalue weighted by molar-refractivity contribution is -0.389. The summed E-state index contributed by atoms with van der Waals surface area (Å²) in [6.45, 7) is 0.899. The molecule has 0 unspecified atom stereocenters. The highest BCUT2D eigenvalue weighted by molar-refractivity contribution is 6.33. The average Bonchev–Trinajstić information content (AvgIpc) is 3.01. The van der Waals surface area contributed by atoms with E-state index in [9.17, 15) is 38.2 Å². The summed E-state index contributed by atoms with van der Waals surface area (Å²) >= 11 is 5.83. The summed E-state index contributed by atoms with van der Waals surface area (Å²) in [5, 5.41) is 27.9. The summed E-state index contributed by atoms with van der Waals surface area (Å²) in [5.74, 6) is -1.85. The maximum Gasteiger partial charge on any atom is 0.416 e. The molecule has 0 spiro atoms. The zero-order valence-electron chi connectivity index (χ0n) is 17.0. The van der Waals surface area contributed by atoms with E-state index in [1.807, 2.05) is 0 Å². The van der Waals surface area contributed by atoms with Gasteiger partial charge in [0.05, 0.1) is 33.0 Å². The van der Waals surface area contributed by atoms with Gasteiger partial charge in [-0.25, -0.2) is 0 Å². The lowest BCUT2D eigenvalue weighted by atomic mass is 10.2. The maximum atomic E-state index is 12.9. The molecule has 1 aromatic heterocycles. The second kappa shape index (κ2) is 9.35. The average molecular weight is 500 g/mol. The number of benzene rings is 2. The van der Waals surface area contributed by atoms with Gasteiger partial charge in [0.15, 0.2) is 5.02 Å². The van der Waals surface area contributed by atoms with E-state index >= 15 is 0 Å². The number of ether oxygens (including phenoxy) is 1. The van der Waals surface area contributed by atoms with Crippen LogP contribution in [0.1, 0.15) is 11.3 Å². The van der Waals surface area contributed by atoms with E-state index in [-0.39, 0.29) is 27.9 Å². The molecule has 0 aliphatic rings. The van der Waals surface area contributed by atoms with Crippen LogP contribution in [-0.4, -0.2) is 25.5 Å². The van der Waals surface area contributed by atoms with Gasteiger partial charge in [-0.15, -0.1) is 0 Å². The van der Waals surface area contributed by atoms with Crippen LogP contribution in [0.4, 0.5) is 30.4 Å². The number of nitro benzene ring substituents is 1. The molecule has 0 saturated carbocycles. The number of non-ortho nitro benzene ring substituents is 1. The molecule has 11 nitrogen and oxygen atoms in total. The van der Waals surface area contributed by atoms with Gasteiger partial charge in [-0.2, -0.15) is 17.9 Å². The Bertz CT molecular complexity index is 1290. The molecule has 1 N–H and O–H groups in total. The molecule has 0 aliphatic carbocycles. The molecule has 15 heteroatoms. The minimum Gasteiger partial charge on any atom is -0.457 e. The number of nitrogens with one attached hydrogen (secondary N) is 1. The van der Waals surface area contributed by atoms with Crippen LogP contribution in [-0.2, 0) is 17.5 Å². The lowest BCUT2D eigenvalue weighted by Crippen LogP contribution is -2.20. The summed E-state index contributed by atoms with van der Waals surface area (Å²) in [6, 6.07) is 7.02. The summed E-state index contributed by atoms with van der Waals surface area (Å²) in [7, 11) is 0. The lowest BCUT2D eigenvalue weighted by Gasteiger charge is -2.11. The van der Waals surface area contributed by atoms with Crippen molar-refractivity contribution in [2.24, 2.45) is 0 Å². The number of rotatable bonds is 7. The Morgan fingerprint density at radius 3 is 2.44 bits per heavy atom. The molecule has 178 valence electrons. The monoisotopic (exact) mass is 499 g/mol. The number of hydrogen-bond donors (Lipinski definition) is 1. The van der Waals surface area contributed by atoms with E-state index in [0.717, 1.165) is 35.0 Å². The van der Waals surface area contributed by atoms with Crippen LogP contribution in [0.15, 0.2) is 42.5 Å². The van der Waals surface area contributed by atoms with Gasteiger partial charge >= 0.3 is 12.0 Å². The van der Waals surface area contributed by atoms with Gasteiger partial charge in [0.1, 0.15) is 18.0 Å². The third kappa shape index (κ3) is 5.58. The Hall–Kier alpha value is -4.20. The fourth-order valence-electron chi connectivity index (χ4n) is 2.81. The Morgan fingerprint density at radius 1 is 1.15 bits per heavy atom. The van der Waals surface area contributed by atoms with Crippen molar-refractivity contribution in [2.45, 2.75) is 19.6 Å². The number of alkyl halides is 3. The van der Waals surface area contributed by atoms with E-state index < -0.39 is 45.5 Å². The van der Waals surface area contributed by atoms with Gasteiger partial charge in [0, 0.05) is 12.1 Å². The smallest absolute Gasteiger partial charge is 0.416 e. The summed E-state index contributed by atoms with van der Waals surface area (Å²) in [4.78, 5) is 33.0. The van der Waals surface area contributed by atoms with Crippen molar-refractivity contribution in [3.05, 3.63) is 79.0 Å². The molecule has 3 aromatic rings. The van der Waals surface area contributed by atoms with Gasteiger partial charge in [-0.3, -0.25) is 14.9 Å². The van der Waals surface area contributed by atoms with Crippen LogP contribution in [0.25, 0.3) is 0 Å². The quantitative estimate of drug-likeness (QED) is 0.351. The van der Waals surface area contributed by atoms with Crippen molar-refractivity contribution in [3.63, 3.8) is 0 Å². The van der Waals surface area contributed by atoms with Crippen molar-refractivity contribution in [1.82, 2.24) is 9.78 Å². The first-order chi connectivity index (χ1) is 15.8. The fraction of sp³-hybridized carbons (Fsp3) is 0.158. The highest BCUT2D eigenvalue weighted by Crippen LogP contribution is 2.34. The summed E-state index contributed by atoms with van der Waals surface area (Å²) in [6.07, 6.45) is -4.62. The number of carbonyl (C=O) groups excluding carboxylic acids is 1. The predicted octanol–water partition coefficient (Wildman–Crippen LogP) is 5.11. The van der Waals surface area contributed by atoms with E-state index in [1.165, 1.54) is 13.0 Å². The van der Waals surface area contributed by atoms with E-state index in [0.29, 0.717) is 6.07 Å². The van der Waals surface area contributed by atoms with Crippen molar-refractivity contribution in [3.8, 4) is 11.5 Å². The summed E-state index contributed by atoms with van der Waals surface area (Å²) in [5.41, 5.74) is -1.44. The van der Waals surface area contributed by atoms with Crippen LogP contribution in [0.5, 0.6) is 11.5 Å². The summed E-state index contributed by atoms with van der Waals surface area (Å²) < 4.78 is 45.1. The zero-order valence-corrected chi connectivity index (χ0v) is 17.8. The first-order valence-corrected chi connectivity index (χ1v) is 9.54. The molecule has 0 radical (unpaired) electrons. The highest BCUT2D eigenvalue weighted by Gasteiger charge is 2.30. The number of carbonyl (C=O) groups is 1. The molecule has 2 aromatic carbocycles. The number of nitro groups is 2. The number of halogens is 4. The molecule has 3 rings (SSSR count). The minimum atomic E-state index is -4.62. The van der Waals surface area contributed by atoms with Gasteiger partial charge in [0.2, 0.25) is 5.91 Å². The van der Waals surface area contributed by atoms with E-state index in [2.05, 4.69) is 10.4 Å². The third-order valence-corrected chi connectivity index (χ3v) is 4.81. The number of anilines is 1. The second-order valence-electron chi connectivity index (χ2n) is 6.79. The van der Waals surface area contributed by atoms with Crippen molar-refractivity contribution in [2.75, 3.05) is 5.32 Å². The first-order valence-electron chi connectivity index (χ1n) is 9.17. The zero-order chi connectivity index (χ0) is 25.2. The number of hydrogen-bond acceptors (Lipinski definition) is 7. The Balaban J connectivity index is 1.84. The first kappa shape index (κ1) is 24.4. The maximum absolute atomic E-state index is 12.9. The van der Waals surface area contributed by atoms with Gasteiger partial charge in [-0.05, 0) is 30.0 Å². The molecule has 1 amide bonds. The predicted molar refractivity (Wildman–Crippen MR) is 112 cm³/mol. The second-order valence-corrected chi connectivity index (χ2v) is 7.16. The Labute approximate surface area is 193 Å². The highest BCUT2D eigenvalue weighted by atomic mass is 35.5. The van der Waals surface area contributed by atoms with E-state index in [1.54, 1.807) is 0 Å². The van der Waals surface area contributed by atoms with Gasteiger partial charge < -0.3 is 20.2 Å². The number of amides is 1. The Kier molecular flexibility index (Phi) is 6.72. The fourth-order valence-corrected chi connectivity index (χ4v) is 3.01. The molecule has 0 saturated heterocycles. The van der Waals surface area contributed by atoms with Crippen molar-refractivity contribution in [1.29, 1.82) is 0 Å². The number of nitrogens with zero attached hydrogens (tertiary/aromatic N) is 4. The molecule has 0 atom stereocenters. The third-order valence-electron chi connectivity index (χ3n) is 4.37.